The summed E-state index contributed by atoms with van der Waals surface area (Å²) in [7, 11) is 0. The summed E-state index contributed by atoms with van der Waals surface area (Å²) >= 11 is 0. The van der Waals surface area contributed by atoms with Gasteiger partial charge in [-0.3, -0.25) is 24.1 Å². The van der Waals surface area contributed by atoms with E-state index in [0.29, 0.717) is 38.8 Å². The standard InChI is InChI=1S/C19H31N5O6/c1-10(25)13(20)16(28)22-7-3-5-12(22)15(27)24-8-4-6-19(24)9-23(18(19)30)17(29)14(21)11(2)26/h10-14,25-26H,3-9,20-21H2,1-2H3. The van der Waals surface area contributed by atoms with E-state index in [1.807, 2.05) is 0 Å². The molecule has 0 aliphatic carbocycles. The van der Waals surface area contributed by atoms with Crippen LogP contribution in [0.2, 0.25) is 0 Å². The number of imide groups is 1. The maximum atomic E-state index is 13.3. The number of aliphatic hydroxyl groups excluding tert-OH is 2. The van der Waals surface area contributed by atoms with Crippen LogP contribution in [0.15, 0.2) is 0 Å². The summed E-state index contributed by atoms with van der Waals surface area (Å²) in [6.07, 6.45) is -0.0307. The summed E-state index contributed by atoms with van der Waals surface area (Å²) in [6, 6.07) is -3.07. The zero-order valence-electron chi connectivity index (χ0n) is 17.4. The molecule has 3 aliphatic heterocycles. The highest BCUT2D eigenvalue weighted by Crippen LogP contribution is 2.40. The van der Waals surface area contributed by atoms with Gasteiger partial charge in [0.05, 0.1) is 18.8 Å². The van der Waals surface area contributed by atoms with Crippen LogP contribution >= 0.6 is 0 Å². The van der Waals surface area contributed by atoms with Crippen molar-refractivity contribution >= 4 is 23.6 Å². The fraction of sp³-hybridized carbons (Fsp3) is 0.789. The number of rotatable bonds is 5. The topological polar surface area (TPSA) is 170 Å². The highest BCUT2D eigenvalue weighted by Gasteiger charge is 2.62. The van der Waals surface area contributed by atoms with E-state index >= 15 is 0 Å². The number of amides is 4. The van der Waals surface area contributed by atoms with Crippen molar-refractivity contribution in [1.29, 1.82) is 0 Å². The normalized spacial score (nSPS) is 30.3. The lowest BCUT2D eigenvalue weighted by molar-refractivity contribution is -0.176. The molecule has 0 aromatic carbocycles. The molecule has 6 N–H and O–H groups in total. The van der Waals surface area contributed by atoms with Gasteiger partial charge in [0.25, 0.3) is 5.91 Å². The molecule has 3 fully saturated rings. The van der Waals surface area contributed by atoms with Gasteiger partial charge in [-0.05, 0) is 39.5 Å². The van der Waals surface area contributed by atoms with Crippen molar-refractivity contribution < 1.29 is 29.4 Å². The van der Waals surface area contributed by atoms with E-state index in [1.165, 1.54) is 23.6 Å². The molecule has 3 heterocycles. The first kappa shape index (κ1) is 22.6. The predicted octanol–water partition coefficient (Wildman–Crippen LogP) is -2.88. The summed E-state index contributed by atoms with van der Waals surface area (Å²) < 4.78 is 0. The smallest absolute Gasteiger partial charge is 0.257 e. The zero-order chi connectivity index (χ0) is 22.4. The van der Waals surface area contributed by atoms with Crippen molar-refractivity contribution in [3.63, 3.8) is 0 Å². The first-order valence-electron chi connectivity index (χ1n) is 10.4. The van der Waals surface area contributed by atoms with Crippen LogP contribution in [0, 0.1) is 0 Å². The second kappa shape index (κ2) is 8.22. The van der Waals surface area contributed by atoms with Crippen LogP contribution in [-0.4, -0.2) is 104 Å². The Labute approximate surface area is 174 Å². The average Bonchev–Trinajstić information content (AvgIpc) is 3.37. The van der Waals surface area contributed by atoms with Crippen molar-refractivity contribution in [2.24, 2.45) is 11.5 Å². The molecule has 11 heteroatoms. The Hall–Kier alpha value is -2.08. The second-order valence-corrected chi connectivity index (χ2v) is 8.58. The number of likely N-dealkylation sites (tertiary alicyclic amines) is 3. The molecule has 168 valence electrons. The molecule has 0 saturated carbocycles. The lowest BCUT2D eigenvalue weighted by atomic mass is 9.84. The molecule has 1 spiro atoms. The number of β-lactam (4-membered cyclic amide) rings is 1. The fourth-order valence-electron chi connectivity index (χ4n) is 4.58. The van der Waals surface area contributed by atoms with Gasteiger partial charge >= 0.3 is 0 Å². The second-order valence-electron chi connectivity index (χ2n) is 8.58. The van der Waals surface area contributed by atoms with E-state index in [4.69, 9.17) is 11.5 Å². The third-order valence-electron chi connectivity index (χ3n) is 6.51. The van der Waals surface area contributed by atoms with Crippen molar-refractivity contribution in [2.45, 2.75) is 75.4 Å². The molecule has 6 unspecified atom stereocenters. The number of hydrogen-bond donors (Lipinski definition) is 4. The fourth-order valence-corrected chi connectivity index (χ4v) is 4.58. The molecule has 3 aliphatic rings. The number of nitrogens with two attached hydrogens (primary N) is 2. The van der Waals surface area contributed by atoms with Crippen molar-refractivity contribution in [2.75, 3.05) is 19.6 Å². The Kier molecular flexibility index (Phi) is 6.19. The zero-order valence-corrected chi connectivity index (χ0v) is 17.4. The van der Waals surface area contributed by atoms with E-state index in [2.05, 4.69) is 0 Å². The van der Waals surface area contributed by atoms with Gasteiger partial charge in [0.1, 0.15) is 23.7 Å². The predicted molar refractivity (Wildman–Crippen MR) is 104 cm³/mol. The maximum Gasteiger partial charge on any atom is 0.257 e. The molecular formula is C19H31N5O6. The molecule has 4 amide bonds. The van der Waals surface area contributed by atoms with Gasteiger partial charge in [-0.25, -0.2) is 0 Å². The number of nitrogens with zero attached hydrogens (tertiary/aromatic N) is 3. The molecule has 3 rings (SSSR count). The van der Waals surface area contributed by atoms with Gasteiger partial charge in [0, 0.05) is 13.1 Å². The SMILES string of the molecule is CC(O)C(N)C(=O)N1CC2(CCCN2C(=O)C2CCCN2C(=O)C(N)C(C)O)C1=O. The summed E-state index contributed by atoms with van der Waals surface area (Å²) in [5.41, 5.74) is 10.3. The van der Waals surface area contributed by atoms with Crippen LogP contribution in [0.5, 0.6) is 0 Å². The monoisotopic (exact) mass is 425 g/mol. The summed E-state index contributed by atoms with van der Waals surface area (Å²) in [6.45, 7) is 3.54. The highest BCUT2D eigenvalue weighted by atomic mass is 16.3. The minimum absolute atomic E-state index is 0.0324. The summed E-state index contributed by atoms with van der Waals surface area (Å²) in [4.78, 5) is 55.1. The van der Waals surface area contributed by atoms with Crippen LogP contribution < -0.4 is 11.5 Å². The lowest BCUT2D eigenvalue weighted by Crippen LogP contribution is -2.76. The van der Waals surface area contributed by atoms with Gasteiger partial charge in [0.15, 0.2) is 0 Å². The van der Waals surface area contributed by atoms with E-state index < -0.39 is 53.6 Å². The quantitative estimate of drug-likeness (QED) is 0.340. The van der Waals surface area contributed by atoms with E-state index in [9.17, 15) is 29.4 Å². The van der Waals surface area contributed by atoms with Crippen molar-refractivity contribution in [3.05, 3.63) is 0 Å². The maximum absolute atomic E-state index is 13.3. The average molecular weight is 425 g/mol. The number of hydrogen-bond acceptors (Lipinski definition) is 8. The van der Waals surface area contributed by atoms with Crippen LogP contribution in [0.4, 0.5) is 0 Å². The highest BCUT2D eigenvalue weighted by molar-refractivity contribution is 6.09. The van der Waals surface area contributed by atoms with Gasteiger partial charge in [-0.2, -0.15) is 0 Å². The Morgan fingerprint density at radius 2 is 1.63 bits per heavy atom. The molecule has 30 heavy (non-hydrogen) atoms. The van der Waals surface area contributed by atoms with Gasteiger partial charge in [-0.15, -0.1) is 0 Å². The minimum atomic E-state index is -1.21. The summed E-state index contributed by atoms with van der Waals surface area (Å²) in [5, 5.41) is 19.2. The molecular weight excluding hydrogens is 394 g/mol. The molecule has 6 atom stereocenters. The summed E-state index contributed by atoms with van der Waals surface area (Å²) in [5.74, 6) is -1.99. The van der Waals surface area contributed by atoms with E-state index in [1.54, 1.807) is 0 Å². The molecule has 0 radical (unpaired) electrons. The molecule has 0 aromatic heterocycles. The molecule has 3 saturated heterocycles. The van der Waals surface area contributed by atoms with E-state index in [0.717, 1.165) is 4.90 Å². The van der Waals surface area contributed by atoms with Crippen LogP contribution in [0.3, 0.4) is 0 Å². The number of carbonyl (C=O) groups excluding carboxylic acids is 4. The third kappa shape index (κ3) is 3.49. The molecule has 0 aromatic rings. The Bertz CT molecular complexity index is 743. The first-order chi connectivity index (χ1) is 14.0. The van der Waals surface area contributed by atoms with Crippen molar-refractivity contribution in [3.8, 4) is 0 Å². The minimum Gasteiger partial charge on any atom is -0.391 e. The number of aliphatic hydroxyl groups is 2. The Morgan fingerprint density at radius 1 is 1.03 bits per heavy atom. The third-order valence-corrected chi connectivity index (χ3v) is 6.51. The van der Waals surface area contributed by atoms with Gasteiger partial charge < -0.3 is 31.5 Å². The number of carbonyl (C=O) groups is 4. The van der Waals surface area contributed by atoms with Crippen molar-refractivity contribution in [1.82, 2.24) is 14.7 Å². The largest absolute Gasteiger partial charge is 0.391 e. The first-order valence-corrected chi connectivity index (χ1v) is 10.4. The van der Waals surface area contributed by atoms with Crippen LogP contribution in [-0.2, 0) is 19.2 Å². The van der Waals surface area contributed by atoms with Crippen LogP contribution in [0.1, 0.15) is 39.5 Å². The van der Waals surface area contributed by atoms with E-state index in [-0.39, 0.29) is 12.5 Å². The molecule has 0 bridgehead atoms. The lowest BCUT2D eigenvalue weighted by Gasteiger charge is -2.51. The Balaban J connectivity index is 1.74. The van der Waals surface area contributed by atoms with Gasteiger partial charge in [-0.1, -0.05) is 0 Å². The van der Waals surface area contributed by atoms with Gasteiger partial charge in [0.2, 0.25) is 17.7 Å². The Morgan fingerprint density at radius 3 is 2.20 bits per heavy atom. The molecule has 11 nitrogen and oxygen atoms in total. The van der Waals surface area contributed by atoms with Crippen LogP contribution in [0.25, 0.3) is 0 Å².